The number of pyridine rings is 1. The first-order valence-electron chi connectivity index (χ1n) is 6.72. The molecule has 110 valence electrons. The van der Waals surface area contributed by atoms with Gasteiger partial charge >= 0.3 is 0 Å². The highest BCUT2D eigenvalue weighted by Crippen LogP contribution is 2.12. The molecule has 0 spiro atoms. The van der Waals surface area contributed by atoms with Crippen LogP contribution < -0.4 is 0 Å². The number of nitrogens with zero attached hydrogens (tertiary/aromatic N) is 3. The van der Waals surface area contributed by atoms with Gasteiger partial charge < -0.3 is 10.0 Å². The molecule has 1 aliphatic rings. The van der Waals surface area contributed by atoms with Gasteiger partial charge in [-0.25, -0.2) is 4.98 Å². The summed E-state index contributed by atoms with van der Waals surface area (Å²) in [7, 11) is 0. The van der Waals surface area contributed by atoms with Crippen LogP contribution in [0.15, 0.2) is 22.8 Å². The molecule has 1 fully saturated rings. The smallest absolute Gasteiger partial charge is 0.272 e. The molecule has 1 aromatic rings. The number of amides is 1. The van der Waals surface area contributed by atoms with Gasteiger partial charge in [-0.05, 0) is 41.9 Å². The second-order valence-electron chi connectivity index (χ2n) is 5.73. The normalized spacial score (nSPS) is 17.3. The summed E-state index contributed by atoms with van der Waals surface area (Å²) < 4.78 is 0.670. The Kier molecular flexibility index (Phi) is 4.78. The Hall–Kier alpha value is -0.980. The molecule has 0 atom stereocenters. The van der Waals surface area contributed by atoms with E-state index < -0.39 is 5.60 Å². The van der Waals surface area contributed by atoms with Crippen LogP contribution in [0.25, 0.3) is 0 Å². The molecule has 0 radical (unpaired) electrons. The summed E-state index contributed by atoms with van der Waals surface area (Å²) in [4.78, 5) is 20.5. The van der Waals surface area contributed by atoms with Crippen LogP contribution in [0.4, 0.5) is 0 Å². The number of β-amino-alcohol motifs (C(OH)–C–C–N with tert-alkyl or cyclic N) is 1. The molecule has 1 saturated heterocycles. The number of aromatic nitrogens is 1. The molecule has 0 bridgehead atoms. The SMILES string of the molecule is CC(C)(O)CN1CCN(C(=O)c2cccc(Br)n2)CC1. The predicted molar refractivity (Wildman–Crippen MR) is 80.6 cm³/mol. The number of aliphatic hydroxyl groups is 1. The number of carbonyl (C=O) groups is 1. The van der Waals surface area contributed by atoms with E-state index >= 15 is 0 Å². The molecule has 1 amide bonds. The maximum Gasteiger partial charge on any atom is 0.272 e. The number of rotatable bonds is 3. The van der Waals surface area contributed by atoms with Gasteiger partial charge in [0.25, 0.3) is 5.91 Å². The Morgan fingerprint density at radius 1 is 1.35 bits per heavy atom. The summed E-state index contributed by atoms with van der Waals surface area (Å²) in [6, 6.07) is 5.35. The van der Waals surface area contributed by atoms with Gasteiger partial charge in [0, 0.05) is 32.7 Å². The average Bonchev–Trinajstić information content (AvgIpc) is 2.37. The predicted octanol–water partition coefficient (Wildman–Crippen LogP) is 1.37. The third kappa shape index (κ3) is 4.26. The van der Waals surface area contributed by atoms with E-state index in [9.17, 15) is 9.90 Å². The fourth-order valence-electron chi connectivity index (χ4n) is 2.35. The first kappa shape index (κ1) is 15.4. The van der Waals surface area contributed by atoms with Crippen molar-refractivity contribution in [2.75, 3.05) is 32.7 Å². The number of carbonyl (C=O) groups excluding carboxylic acids is 1. The lowest BCUT2D eigenvalue weighted by atomic mass is 10.1. The van der Waals surface area contributed by atoms with Gasteiger partial charge in [0.2, 0.25) is 0 Å². The van der Waals surface area contributed by atoms with Crippen LogP contribution in [0, 0.1) is 0 Å². The summed E-state index contributed by atoms with van der Waals surface area (Å²) in [5.74, 6) is -0.0331. The Morgan fingerprint density at radius 3 is 2.55 bits per heavy atom. The lowest BCUT2D eigenvalue weighted by Gasteiger charge is -2.37. The van der Waals surface area contributed by atoms with Gasteiger partial charge in [-0.15, -0.1) is 0 Å². The lowest BCUT2D eigenvalue weighted by molar-refractivity contribution is 0.0177. The molecular formula is C14H20BrN3O2. The van der Waals surface area contributed by atoms with Crippen LogP contribution in [0.1, 0.15) is 24.3 Å². The van der Waals surface area contributed by atoms with E-state index in [4.69, 9.17) is 0 Å². The lowest BCUT2D eigenvalue weighted by Crippen LogP contribution is -2.52. The maximum absolute atomic E-state index is 12.3. The minimum Gasteiger partial charge on any atom is -0.389 e. The molecule has 2 rings (SSSR count). The summed E-state index contributed by atoms with van der Waals surface area (Å²) in [6.07, 6.45) is 0. The minimum absolute atomic E-state index is 0.0331. The minimum atomic E-state index is -0.696. The van der Waals surface area contributed by atoms with Gasteiger partial charge in [-0.3, -0.25) is 9.69 Å². The highest BCUT2D eigenvalue weighted by molar-refractivity contribution is 9.10. The molecule has 20 heavy (non-hydrogen) atoms. The molecule has 0 aromatic carbocycles. The first-order chi connectivity index (χ1) is 9.35. The number of hydrogen-bond donors (Lipinski definition) is 1. The second kappa shape index (κ2) is 6.20. The van der Waals surface area contributed by atoms with Crippen molar-refractivity contribution in [3.63, 3.8) is 0 Å². The fraction of sp³-hybridized carbons (Fsp3) is 0.571. The zero-order valence-electron chi connectivity index (χ0n) is 11.8. The van der Waals surface area contributed by atoms with Crippen molar-refractivity contribution >= 4 is 21.8 Å². The zero-order valence-corrected chi connectivity index (χ0v) is 13.4. The van der Waals surface area contributed by atoms with Crippen LogP contribution in [0.5, 0.6) is 0 Å². The van der Waals surface area contributed by atoms with E-state index in [1.54, 1.807) is 26.0 Å². The second-order valence-corrected chi connectivity index (χ2v) is 6.54. The van der Waals surface area contributed by atoms with Crippen molar-refractivity contribution in [2.45, 2.75) is 19.4 Å². The average molecular weight is 342 g/mol. The largest absolute Gasteiger partial charge is 0.389 e. The summed E-state index contributed by atoms with van der Waals surface area (Å²) >= 11 is 3.28. The third-order valence-electron chi connectivity index (χ3n) is 3.20. The van der Waals surface area contributed by atoms with Crippen molar-refractivity contribution in [1.82, 2.24) is 14.8 Å². The van der Waals surface area contributed by atoms with Gasteiger partial charge in [0.15, 0.2) is 0 Å². The summed E-state index contributed by atoms with van der Waals surface area (Å²) in [6.45, 7) is 7.13. The van der Waals surface area contributed by atoms with E-state index in [-0.39, 0.29) is 5.91 Å². The van der Waals surface area contributed by atoms with Crippen LogP contribution in [-0.2, 0) is 0 Å². The van der Waals surface area contributed by atoms with Gasteiger partial charge in [-0.2, -0.15) is 0 Å². The summed E-state index contributed by atoms with van der Waals surface area (Å²) in [5, 5.41) is 9.82. The monoisotopic (exact) mass is 341 g/mol. The van der Waals surface area contributed by atoms with E-state index in [1.165, 1.54) is 0 Å². The molecule has 0 aliphatic carbocycles. The molecule has 1 aromatic heterocycles. The van der Waals surface area contributed by atoms with Crippen LogP contribution in [0.2, 0.25) is 0 Å². The van der Waals surface area contributed by atoms with Crippen molar-refractivity contribution in [3.05, 3.63) is 28.5 Å². The molecule has 0 unspecified atom stereocenters. The number of hydrogen-bond acceptors (Lipinski definition) is 4. The van der Waals surface area contributed by atoms with Crippen LogP contribution >= 0.6 is 15.9 Å². The Balaban J connectivity index is 1.92. The summed E-state index contributed by atoms with van der Waals surface area (Å²) in [5.41, 5.74) is -0.229. The molecule has 1 aliphatic heterocycles. The number of halogens is 1. The number of piperazine rings is 1. The Labute approximate surface area is 127 Å². The van der Waals surface area contributed by atoms with Gasteiger partial charge in [0.1, 0.15) is 10.3 Å². The quantitative estimate of drug-likeness (QED) is 0.843. The van der Waals surface area contributed by atoms with E-state index in [0.29, 0.717) is 29.9 Å². The molecule has 2 heterocycles. The van der Waals surface area contributed by atoms with E-state index in [2.05, 4.69) is 25.8 Å². The first-order valence-corrected chi connectivity index (χ1v) is 7.51. The maximum atomic E-state index is 12.3. The standard InChI is InChI=1S/C14H20BrN3O2/c1-14(2,20)10-17-6-8-18(9-7-17)13(19)11-4-3-5-12(15)16-11/h3-5,20H,6-10H2,1-2H3. The highest BCUT2D eigenvalue weighted by atomic mass is 79.9. The van der Waals surface area contributed by atoms with Gasteiger partial charge in [0.05, 0.1) is 5.60 Å². The molecule has 0 saturated carbocycles. The van der Waals surface area contributed by atoms with Gasteiger partial charge in [-0.1, -0.05) is 6.07 Å². The van der Waals surface area contributed by atoms with E-state index in [1.807, 2.05) is 11.0 Å². The fourth-order valence-corrected chi connectivity index (χ4v) is 2.69. The van der Waals surface area contributed by atoms with E-state index in [0.717, 1.165) is 13.1 Å². The molecule has 5 nitrogen and oxygen atoms in total. The molecule has 1 N–H and O–H groups in total. The molecular weight excluding hydrogens is 322 g/mol. The van der Waals surface area contributed by atoms with Crippen molar-refractivity contribution in [1.29, 1.82) is 0 Å². The topological polar surface area (TPSA) is 56.7 Å². The highest BCUT2D eigenvalue weighted by Gasteiger charge is 2.25. The van der Waals surface area contributed by atoms with Crippen molar-refractivity contribution in [3.8, 4) is 0 Å². The third-order valence-corrected chi connectivity index (χ3v) is 3.65. The zero-order chi connectivity index (χ0) is 14.8. The Morgan fingerprint density at radius 2 is 2.00 bits per heavy atom. The Bertz CT molecular complexity index is 480. The van der Waals surface area contributed by atoms with Crippen molar-refractivity contribution in [2.24, 2.45) is 0 Å². The van der Waals surface area contributed by atoms with Crippen LogP contribution in [0.3, 0.4) is 0 Å². The van der Waals surface area contributed by atoms with Crippen molar-refractivity contribution < 1.29 is 9.90 Å². The molecule has 6 heteroatoms. The van der Waals surface area contributed by atoms with Crippen LogP contribution in [-0.4, -0.2) is 64.1 Å².